The van der Waals surface area contributed by atoms with E-state index in [0.29, 0.717) is 24.4 Å². The number of hydrogen-bond acceptors (Lipinski definition) is 3. The van der Waals surface area contributed by atoms with E-state index in [1.54, 1.807) is 24.1 Å². The Morgan fingerprint density at radius 1 is 1.47 bits per heavy atom. The number of aliphatic hydroxyl groups excluding tert-OH is 1. The highest BCUT2D eigenvalue weighted by molar-refractivity contribution is 5.94. The standard InChI is InChI=1S/C13H19NO3/c1-4-14(7-8-15)13(16)11-6-5-10(2)12(9-11)17-3/h5-6,9,15H,4,7-8H2,1-3H3. The molecule has 1 aromatic carbocycles. The number of carbonyl (C=O) groups is 1. The summed E-state index contributed by atoms with van der Waals surface area (Å²) in [5.41, 5.74) is 1.58. The third kappa shape index (κ3) is 3.20. The smallest absolute Gasteiger partial charge is 0.254 e. The lowest BCUT2D eigenvalue weighted by molar-refractivity contribution is 0.0731. The van der Waals surface area contributed by atoms with Gasteiger partial charge < -0.3 is 14.7 Å². The molecule has 0 saturated heterocycles. The Labute approximate surface area is 102 Å². The molecule has 1 rings (SSSR count). The average molecular weight is 237 g/mol. The van der Waals surface area contributed by atoms with E-state index in [4.69, 9.17) is 9.84 Å². The van der Waals surface area contributed by atoms with Crippen molar-refractivity contribution < 1.29 is 14.6 Å². The fourth-order valence-corrected chi connectivity index (χ4v) is 1.66. The number of likely N-dealkylation sites (N-methyl/N-ethyl adjacent to an activating group) is 1. The van der Waals surface area contributed by atoms with E-state index in [-0.39, 0.29) is 12.5 Å². The summed E-state index contributed by atoms with van der Waals surface area (Å²) >= 11 is 0. The van der Waals surface area contributed by atoms with Gasteiger partial charge in [0, 0.05) is 18.7 Å². The normalized spacial score (nSPS) is 10.1. The lowest BCUT2D eigenvalue weighted by Gasteiger charge is -2.20. The van der Waals surface area contributed by atoms with Crippen LogP contribution in [0.5, 0.6) is 5.75 Å². The molecule has 1 N–H and O–H groups in total. The predicted octanol–water partition coefficient (Wildman–Crippen LogP) is 1.46. The van der Waals surface area contributed by atoms with Crippen LogP contribution in [-0.4, -0.2) is 42.7 Å². The Bertz CT molecular complexity index is 390. The molecule has 0 aromatic heterocycles. The average Bonchev–Trinajstić information content (AvgIpc) is 2.35. The van der Waals surface area contributed by atoms with E-state index in [2.05, 4.69) is 0 Å². The van der Waals surface area contributed by atoms with Crippen molar-refractivity contribution in [2.24, 2.45) is 0 Å². The SMILES string of the molecule is CCN(CCO)C(=O)c1ccc(C)c(OC)c1. The molecule has 0 aliphatic rings. The summed E-state index contributed by atoms with van der Waals surface area (Å²) in [6, 6.07) is 5.37. The van der Waals surface area contributed by atoms with Crippen molar-refractivity contribution in [2.45, 2.75) is 13.8 Å². The minimum Gasteiger partial charge on any atom is -0.496 e. The summed E-state index contributed by atoms with van der Waals surface area (Å²) in [5.74, 6) is 0.621. The lowest BCUT2D eigenvalue weighted by atomic mass is 10.1. The molecule has 1 amide bonds. The molecule has 0 atom stereocenters. The zero-order valence-electron chi connectivity index (χ0n) is 10.6. The van der Waals surface area contributed by atoms with E-state index >= 15 is 0 Å². The second kappa shape index (κ2) is 6.25. The summed E-state index contributed by atoms with van der Waals surface area (Å²) in [6.07, 6.45) is 0. The molecule has 4 nitrogen and oxygen atoms in total. The number of ether oxygens (including phenoxy) is 1. The molecule has 0 heterocycles. The van der Waals surface area contributed by atoms with Gasteiger partial charge in [-0.1, -0.05) is 6.07 Å². The van der Waals surface area contributed by atoms with Crippen LogP contribution in [0.2, 0.25) is 0 Å². The number of aryl methyl sites for hydroxylation is 1. The molecule has 0 bridgehead atoms. The number of hydrogen-bond donors (Lipinski definition) is 1. The third-order valence-electron chi connectivity index (χ3n) is 2.69. The quantitative estimate of drug-likeness (QED) is 0.843. The van der Waals surface area contributed by atoms with Gasteiger partial charge in [-0.25, -0.2) is 0 Å². The molecule has 1 aromatic rings. The Kier molecular flexibility index (Phi) is 4.97. The van der Waals surface area contributed by atoms with Gasteiger partial charge in [-0.05, 0) is 31.5 Å². The van der Waals surface area contributed by atoms with E-state index in [1.165, 1.54) is 0 Å². The first-order valence-electron chi connectivity index (χ1n) is 5.68. The van der Waals surface area contributed by atoms with Crippen LogP contribution in [0.25, 0.3) is 0 Å². The van der Waals surface area contributed by atoms with Crippen LogP contribution < -0.4 is 4.74 Å². The van der Waals surface area contributed by atoms with Gasteiger partial charge in [-0.2, -0.15) is 0 Å². The summed E-state index contributed by atoms with van der Waals surface area (Å²) in [6.45, 7) is 4.72. The maximum atomic E-state index is 12.1. The lowest BCUT2D eigenvalue weighted by Crippen LogP contribution is -2.33. The van der Waals surface area contributed by atoms with Crippen LogP contribution in [0.15, 0.2) is 18.2 Å². The third-order valence-corrected chi connectivity index (χ3v) is 2.69. The highest BCUT2D eigenvalue weighted by Gasteiger charge is 2.14. The van der Waals surface area contributed by atoms with Crippen molar-refractivity contribution in [1.29, 1.82) is 0 Å². The van der Waals surface area contributed by atoms with Crippen molar-refractivity contribution >= 4 is 5.91 Å². The molecular weight excluding hydrogens is 218 g/mol. The van der Waals surface area contributed by atoms with Crippen molar-refractivity contribution in [2.75, 3.05) is 26.8 Å². The molecule has 94 valence electrons. The monoisotopic (exact) mass is 237 g/mol. The molecule has 0 unspecified atom stereocenters. The topological polar surface area (TPSA) is 49.8 Å². The molecule has 0 aliphatic carbocycles. The number of benzene rings is 1. The van der Waals surface area contributed by atoms with Crippen LogP contribution in [-0.2, 0) is 0 Å². The number of carbonyl (C=O) groups excluding carboxylic acids is 1. The summed E-state index contributed by atoms with van der Waals surface area (Å²) in [7, 11) is 1.59. The van der Waals surface area contributed by atoms with Crippen LogP contribution in [0.4, 0.5) is 0 Å². The zero-order valence-corrected chi connectivity index (χ0v) is 10.6. The van der Waals surface area contributed by atoms with Crippen LogP contribution >= 0.6 is 0 Å². The Hall–Kier alpha value is -1.55. The Morgan fingerprint density at radius 3 is 2.71 bits per heavy atom. The van der Waals surface area contributed by atoms with Crippen molar-refractivity contribution in [3.63, 3.8) is 0 Å². The number of amides is 1. The molecule has 4 heteroatoms. The minimum absolute atomic E-state index is 0.0252. The first-order chi connectivity index (χ1) is 8.13. The first-order valence-corrected chi connectivity index (χ1v) is 5.68. The van der Waals surface area contributed by atoms with Gasteiger partial charge in [0.2, 0.25) is 0 Å². The predicted molar refractivity (Wildman–Crippen MR) is 66.4 cm³/mol. The first kappa shape index (κ1) is 13.5. The van der Waals surface area contributed by atoms with Gasteiger partial charge >= 0.3 is 0 Å². The van der Waals surface area contributed by atoms with Gasteiger partial charge in [-0.3, -0.25) is 4.79 Å². The molecule has 0 aliphatic heterocycles. The van der Waals surface area contributed by atoms with Gasteiger partial charge in [0.1, 0.15) is 5.75 Å². The molecule has 0 fully saturated rings. The van der Waals surface area contributed by atoms with Crippen molar-refractivity contribution in [3.05, 3.63) is 29.3 Å². The van der Waals surface area contributed by atoms with E-state index in [0.717, 1.165) is 5.56 Å². The highest BCUT2D eigenvalue weighted by Crippen LogP contribution is 2.19. The molecule has 0 spiro atoms. The number of rotatable bonds is 5. The van der Waals surface area contributed by atoms with Gasteiger partial charge in [-0.15, -0.1) is 0 Å². The maximum absolute atomic E-state index is 12.1. The maximum Gasteiger partial charge on any atom is 0.254 e. The van der Waals surface area contributed by atoms with Gasteiger partial charge in [0.15, 0.2) is 0 Å². The molecular formula is C13H19NO3. The highest BCUT2D eigenvalue weighted by atomic mass is 16.5. The van der Waals surface area contributed by atoms with E-state index < -0.39 is 0 Å². The second-order valence-corrected chi connectivity index (χ2v) is 3.79. The largest absolute Gasteiger partial charge is 0.496 e. The van der Waals surface area contributed by atoms with Crippen molar-refractivity contribution in [1.82, 2.24) is 4.90 Å². The number of nitrogens with zero attached hydrogens (tertiary/aromatic N) is 1. The Balaban J connectivity index is 2.95. The number of aliphatic hydroxyl groups is 1. The molecule has 0 saturated carbocycles. The fourth-order valence-electron chi connectivity index (χ4n) is 1.66. The van der Waals surface area contributed by atoms with Crippen molar-refractivity contribution in [3.8, 4) is 5.75 Å². The van der Waals surface area contributed by atoms with E-state index in [9.17, 15) is 4.79 Å². The molecule has 17 heavy (non-hydrogen) atoms. The summed E-state index contributed by atoms with van der Waals surface area (Å²) in [4.78, 5) is 13.7. The van der Waals surface area contributed by atoms with Crippen LogP contribution in [0.1, 0.15) is 22.8 Å². The Morgan fingerprint density at radius 2 is 2.18 bits per heavy atom. The number of methoxy groups -OCH3 is 1. The van der Waals surface area contributed by atoms with E-state index in [1.807, 2.05) is 19.9 Å². The molecule has 0 radical (unpaired) electrons. The minimum atomic E-state index is -0.0835. The van der Waals surface area contributed by atoms with Crippen LogP contribution in [0.3, 0.4) is 0 Å². The zero-order chi connectivity index (χ0) is 12.8. The summed E-state index contributed by atoms with van der Waals surface area (Å²) < 4.78 is 5.19. The fraction of sp³-hybridized carbons (Fsp3) is 0.462. The summed E-state index contributed by atoms with van der Waals surface area (Å²) in [5, 5.41) is 8.89. The van der Waals surface area contributed by atoms with Gasteiger partial charge in [0.25, 0.3) is 5.91 Å². The van der Waals surface area contributed by atoms with Crippen LogP contribution in [0, 0.1) is 6.92 Å². The second-order valence-electron chi connectivity index (χ2n) is 3.79. The van der Waals surface area contributed by atoms with Gasteiger partial charge in [0.05, 0.1) is 13.7 Å².